The number of hydrogen-bond acceptors (Lipinski definition) is 3. The average molecular weight is 643 g/mol. The number of nitrogens with zero attached hydrogens (tertiary/aromatic N) is 1. The van der Waals surface area contributed by atoms with Gasteiger partial charge < -0.3 is 10.1 Å². The molecule has 4 heteroatoms. The number of hydrogen-bond donors (Lipinski definition) is 1. The van der Waals surface area contributed by atoms with Crippen molar-refractivity contribution in [3.8, 4) is 11.3 Å². The standard InChI is InChI=1S/C26H24N.C5H8O2.Ir/c1-16(2)25-15-19(14-18-7-5-8-21(18)25)26-24-11-10-20-17(3)6-4-9-22(20)23(24)12-13-27-26;1-4(6)3-5(2)7;/h4,6,9-13,15-16H,5,7-8H2,1-3H3;3,6H,1-2H3;/q-1;;/b;4-3-;. The second kappa shape index (κ2) is 11.3. The van der Waals surface area contributed by atoms with Crippen LogP contribution >= 0.6 is 0 Å². The number of carbonyl (C=O) groups excluding carboxylic acids is 1. The van der Waals surface area contributed by atoms with Crippen LogP contribution in [-0.4, -0.2) is 15.9 Å². The maximum Gasteiger partial charge on any atom is 0.155 e. The summed E-state index contributed by atoms with van der Waals surface area (Å²) >= 11 is 0. The summed E-state index contributed by atoms with van der Waals surface area (Å²) in [5.41, 5.74) is 7.96. The first-order valence-electron chi connectivity index (χ1n) is 12.0. The van der Waals surface area contributed by atoms with Gasteiger partial charge in [0.1, 0.15) is 0 Å². The van der Waals surface area contributed by atoms with Gasteiger partial charge in [-0.05, 0) is 72.0 Å². The fourth-order valence-electron chi connectivity index (χ4n) is 4.97. The van der Waals surface area contributed by atoms with Gasteiger partial charge in [-0.3, -0.25) is 4.79 Å². The van der Waals surface area contributed by atoms with E-state index < -0.39 is 0 Å². The summed E-state index contributed by atoms with van der Waals surface area (Å²) in [6.45, 7) is 9.62. The number of rotatable bonds is 3. The van der Waals surface area contributed by atoms with Crippen LogP contribution in [0.2, 0.25) is 0 Å². The van der Waals surface area contributed by atoms with E-state index >= 15 is 0 Å². The van der Waals surface area contributed by atoms with Gasteiger partial charge in [0.25, 0.3) is 0 Å². The number of aromatic nitrogens is 1. The molecule has 0 atom stereocenters. The van der Waals surface area contributed by atoms with Crippen LogP contribution in [0.25, 0.3) is 32.8 Å². The third-order valence-corrected chi connectivity index (χ3v) is 6.46. The molecule has 183 valence electrons. The van der Waals surface area contributed by atoms with Gasteiger partial charge in [0.15, 0.2) is 5.78 Å². The van der Waals surface area contributed by atoms with E-state index in [-0.39, 0.29) is 31.6 Å². The molecule has 1 aliphatic rings. The van der Waals surface area contributed by atoms with Gasteiger partial charge in [0.05, 0.1) is 5.76 Å². The number of benzene rings is 3. The molecule has 0 aliphatic heterocycles. The number of allylic oxidation sites excluding steroid dienone is 2. The van der Waals surface area contributed by atoms with Crippen molar-refractivity contribution in [2.45, 2.75) is 59.8 Å². The maximum absolute atomic E-state index is 10.0. The molecule has 1 N–H and O–H groups in total. The Kier molecular flexibility index (Phi) is 8.64. The number of aliphatic hydroxyl groups is 1. The van der Waals surface area contributed by atoms with Crippen molar-refractivity contribution in [3.05, 3.63) is 88.8 Å². The molecule has 5 rings (SSSR count). The molecule has 1 aromatic heterocycles. The first kappa shape index (κ1) is 26.8. The zero-order chi connectivity index (χ0) is 24.4. The van der Waals surface area contributed by atoms with Gasteiger partial charge in [-0.15, -0.1) is 34.4 Å². The Morgan fingerprint density at radius 2 is 1.74 bits per heavy atom. The molecular weight excluding hydrogens is 611 g/mol. The molecule has 1 heterocycles. The van der Waals surface area contributed by atoms with Crippen LogP contribution in [0.5, 0.6) is 0 Å². The van der Waals surface area contributed by atoms with Crippen LogP contribution in [0.15, 0.2) is 60.5 Å². The van der Waals surface area contributed by atoms with Crippen molar-refractivity contribution >= 4 is 27.3 Å². The monoisotopic (exact) mass is 643 g/mol. The summed E-state index contributed by atoms with van der Waals surface area (Å²) in [6.07, 6.45) is 6.72. The summed E-state index contributed by atoms with van der Waals surface area (Å²) in [6, 6.07) is 19.3. The van der Waals surface area contributed by atoms with E-state index in [1.165, 1.54) is 76.6 Å². The minimum absolute atomic E-state index is 0. The predicted octanol–water partition coefficient (Wildman–Crippen LogP) is 7.81. The van der Waals surface area contributed by atoms with Crippen LogP contribution < -0.4 is 0 Å². The maximum atomic E-state index is 10.0. The van der Waals surface area contributed by atoms with Gasteiger partial charge in [-0.25, -0.2) is 0 Å². The smallest absolute Gasteiger partial charge is 0.155 e. The molecule has 0 amide bonds. The van der Waals surface area contributed by atoms with Crippen molar-refractivity contribution in [1.82, 2.24) is 4.98 Å². The second-order valence-electron chi connectivity index (χ2n) is 9.49. The predicted molar refractivity (Wildman–Crippen MR) is 141 cm³/mol. The molecule has 0 saturated heterocycles. The minimum Gasteiger partial charge on any atom is -0.512 e. The zero-order valence-electron chi connectivity index (χ0n) is 21.0. The van der Waals surface area contributed by atoms with Gasteiger partial charge in [-0.2, -0.15) is 0 Å². The SMILES string of the molecule is CC(=O)/C=C(/C)O.Cc1cccc2c1ccc1c(-c3[c-]c4c(c(C(C)C)c3)CCC4)nccc12.[Ir]. The molecule has 35 heavy (non-hydrogen) atoms. The number of aryl methyl sites for hydroxylation is 2. The van der Waals surface area contributed by atoms with E-state index in [9.17, 15) is 4.79 Å². The van der Waals surface area contributed by atoms with Crippen LogP contribution in [0.1, 0.15) is 62.3 Å². The Morgan fingerprint density at radius 1 is 1.03 bits per heavy atom. The Morgan fingerprint density at radius 3 is 2.40 bits per heavy atom. The van der Waals surface area contributed by atoms with Crippen molar-refractivity contribution < 1.29 is 30.0 Å². The summed E-state index contributed by atoms with van der Waals surface area (Å²) < 4.78 is 0. The van der Waals surface area contributed by atoms with E-state index in [1.54, 1.807) is 0 Å². The molecular formula is C31H32IrNO2-. The average Bonchev–Trinajstić information content (AvgIpc) is 3.26. The van der Waals surface area contributed by atoms with E-state index in [2.05, 4.69) is 69.3 Å². The normalized spacial score (nSPS) is 12.8. The summed E-state index contributed by atoms with van der Waals surface area (Å²) in [4.78, 5) is 14.8. The molecule has 0 unspecified atom stereocenters. The third-order valence-electron chi connectivity index (χ3n) is 6.46. The van der Waals surface area contributed by atoms with Crippen LogP contribution in [0.4, 0.5) is 0 Å². The number of pyridine rings is 1. The number of ketones is 1. The van der Waals surface area contributed by atoms with Crippen LogP contribution in [-0.2, 0) is 37.7 Å². The Labute approximate surface area is 221 Å². The first-order valence-corrected chi connectivity index (χ1v) is 12.0. The summed E-state index contributed by atoms with van der Waals surface area (Å²) in [5, 5.41) is 13.5. The molecule has 3 aromatic carbocycles. The topological polar surface area (TPSA) is 50.2 Å². The Bertz CT molecular complexity index is 1410. The van der Waals surface area contributed by atoms with Gasteiger partial charge in [0, 0.05) is 32.4 Å². The number of carbonyl (C=O) groups is 1. The molecule has 1 radical (unpaired) electrons. The van der Waals surface area contributed by atoms with E-state index in [1.807, 2.05) is 6.20 Å². The molecule has 0 fully saturated rings. The minimum atomic E-state index is -0.125. The third kappa shape index (κ3) is 5.72. The summed E-state index contributed by atoms with van der Waals surface area (Å²) in [7, 11) is 0. The van der Waals surface area contributed by atoms with Crippen molar-refractivity contribution in [2.75, 3.05) is 0 Å². The molecule has 0 saturated carbocycles. The zero-order valence-corrected chi connectivity index (χ0v) is 23.4. The molecule has 3 nitrogen and oxygen atoms in total. The van der Waals surface area contributed by atoms with E-state index in [4.69, 9.17) is 10.1 Å². The first-order chi connectivity index (χ1) is 16.3. The molecule has 1 aliphatic carbocycles. The molecule has 4 aromatic rings. The van der Waals surface area contributed by atoms with Gasteiger partial charge in [-0.1, -0.05) is 57.0 Å². The van der Waals surface area contributed by atoms with Crippen LogP contribution in [0, 0.1) is 13.0 Å². The fourth-order valence-corrected chi connectivity index (χ4v) is 4.97. The Hall–Kier alpha value is -2.81. The largest absolute Gasteiger partial charge is 0.512 e. The fraction of sp³-hybridized carbons (Fsp3) is 0.290. The van der Waals surface area contributed by atoms with Crippen molar-refractivity contribution in [2.24, 2.45) is 0 Å². The quantitative estimate of drug-likeness (QED) is 0.107. The van der Waals surface area contributed by atoms with Crippen molar-refractivity contribution in [1.29, 1.82) is 0 Å². The number of aliphatic hydroxyl groups excluding tert-OH is 1. The van der Waals surface area contributed by atoms with Gasteiger partial charge in [0.2, 0.25) is 0 Å². The van der Waals surface area contributed by atoms with E-state index in [0.717, 1.165) is 17.7 Å². The van der Waals surface area contributed by atoms with Crippen LogP contribution in [0.3, 0.4) is 0 Å². The summed E-state index contributed by atoms with van der Waals surface area (Å²) in [5.74, 6) is 0.469. The van der Waals surface area contributed by atoms with E-state index in [0.29, 0.717) is 5.92 Å². The van der Waals surface area contributed by atoms with Crippen molar-refractivity contribution in [3.63, 3.8) is 0 Å². The Balaban J connectivity index is 0.000000378. The molecule has 0 spiro atoms. The molecule has 0 bridgehead atoms. The van der Waals surface area contributed by atoms with Gasteiger partial charge >= 0.3 is 0 Å². The number of fused-ring (bicyclic) bond motifs is 4. The second-order valence-corrected chi connectivity index (χ2v) is 9.49.